The van der Waals surface area contributed by atoms with E-state index in [1.54, 1.807) is 24.3 Å². The number of methoxy groups -OCH3 is 1. The van der Waals surface area contributed by atoms with Crippen LogP contribution in [-0.2, 0) is 9.53 Å². The first-order chi connectivity index (χ1) is 9.52. The number of benzene rings is 1. The Balaban J connectivity index is 2.43. The third-order valence-corrected chi connectivity index (χ3v) is 2.54. The first-order valence-corrected chi connectivity index (χ1v) is 6.60. The predicted molar refractivity (Wildman–Crippen MR) is 75.7 cm³/mol. The number of nitrogens with one attached hydrogen (secondary N) is 1. The molecule has 0 saturated heterocycles. The van der Waals surface area contributed by atoms with Gasteiger partial charge >= 0.3 is 5.97 Å². The van der Waals surface area contributed by atoms with Crippen molar-refractivity contribution < 1.29 is 19.1 Å². The lowest BCUT2D eigenvalue weighted by Gasteiger charge is -2.09. The zero-order chi connectivity index (χ0) is 15.0. The van der Waals surface area contributed by atoms with Crippen LogP contribution in [0.5, 0.6) is 5.75 Å². The second-order valence-corrected chi connectivity index (χ2v) is 4.81. The summed E-state index contributed by atoms with van der Waals surface area (Å²) >= 11 is 0. The van der Waals surface area contributed by atoms with Crippen LogP contribution >= 0.6 is 0 Å². The summed E-state index contributed by atoms with van der Waals surface area (Å²) in [5.74, 6) is 0.633. The topological polar surface area (TPSA) is 64.6 Å². The lowest BCUT2D eigenvalue weighted by atomic mass is 10.2. The SMILES string of the molecule is COC(=O)CCNC(=O)c1ccc(OCC(C)C)cc1. The zero-order valence-corrected chi connectivity index (χ0v) is 12.1. The normalized spacial score (nSPS) is 10.2. The Morgan fingerprint density at radius 3 is 2.40 bits per heavy atom. The average Bonchev–Trinajstić information content (AvgIpc) is 2.45. The summed E-state index contributed by atoms with van der Waals surface area (Å²) in [6, 6.07) is 6.92. The second kappa shape index (κ2) is 8.19. The largest absolute Gasteiger partial charge is 0.493 e. The Kier molecular flexibility index (Phi) is 6.56. The van der Waals surface area contributed by atoms with Crippen molar-refractivity contribution >= 4 is 11.9 Å². The fourth-order valence-corrected chi connectivity index (χ4v) is 1.45. The minimum absolute atomic E-state index is 0.165. The lowest BCUT2D eigenvalue weighted by molar-refractivity contribution is -0.140. The van der Waals surface area contributed by atoms with Gasteiger partial charge in [-0.05, 0) is 30.2 Å². The number of carbonyl (C=O) groups excluding carboxylic acids is 2. The minimum atomic E-state index is -0.345. The van der Waals surface area contributed by atoms with Gasteiger partial charge in [-0.3, -0.25) is 9.59 Å². The first-order valence-electron chi connectivity index (χ1n) is 6.60. The van der Waals surface area contributed by atoms with E-state index in [9.17, 15) is 9.59 Å². The van der Waals surface area contributed by atoms with Crippen LogP contribution in [0.15, 0.2) is 24.3 Å². The van der Waals surface area contributed by atoms with Crippen molar-refractivity contribution in [3.63, 3.8) is 0 Å². The van der Waals surface area contributed by atoms with E-state index in [0.29, 0.717) is 18.1 Å². The molecule has 5 heteroatoms. The fourth-order valence-electron chi connectivity index (χ4n) is 1.45. The highest BCUT2D eigenvalue weighted by Crippen LogP contribution is 2.13. The molecule has 0 unspecified atom stereocenters. The molecule has 0 radical (unpaired) electrons. The van der Waals surface area contributed by atoms with Crippen molar-refractivity contribution in [2.45, 2.75) is 20.3 Å². The van der Waals surface area contributed by atoms with Crippen molar-refractivity contribution in [3.05, 3.63) is 29.8 Å². The quantitative estimate of drug-likeness (QED) is 0.775. The standard InChI is InChI=1S/C15H21NO4/c1-11(2)10-20-13-6-4-12(5-7-13)15(18)16-9-8-14(17)19-3/h4-7,11H,8-10H2,1-3H3,(H,16,18). The molecule has 1 rings (SSSR count). The van der Waals surface area contributed by atoms with Crippen molar-refractivity contribution in [1.82, 2.24) is 5.32 Å². The number of carbonyl (C=O) groups is 2. The average molecular weight is 279 g/mol. The van der Waals surface area contributed by atoms with Gasteiger partial charge in [0.25, 0.3) is 5.91 Å². The summed E-state index contributed by atoms with van der Waals surface area (Å²) in [4.78, 5) is 22.7. The molecule has 0 fully saturated rings. The number of rotatable bonds is 7. The van der Waals surface area contributed by atoms with Crippen molar-refractivity contribution in [2.75, 3.05) is 20.3 Å². The summed E-state index contributed by atoms with van der Waals surface area (Å²) in [7, 11) is 1.32. The molecule has 0 spiro atoms. The van der Waals surface area contributed by atoms with Gasteiger partial charge in [-0.25, -0.2) is 0 Å². The Morgan fingerprint density at radius 1 is 1.20 bits per heavy atom. The summed E-state index contributed by atoms with van der Waals surface area (Å²) in [6.07, 6.45) is 0.165. The van der Waals surface area contributed by atoms with Crippen LogP contribution in [0.25, 0.3) is 0 Å². The molecule has 1 aromatic carbocycles. The minimum Gasteiger partial charge on any atom is -0.493 e. The maximum absolute atomic E-state index is 11.8. The third kappa shape index (κ3) is 5.73. The van der Waals surface area contributed by atoms with Crippen LogP contribution in [0, 0.1) is 5.92 Å². The van der Waals surface area contributed by atoms with Crippen LogP contribution in [0.3, 0.4) is 0 Å². The Hall–Kier alpha value is -2.04. The van der Waals surface area contributed by atoms with Crippen molar-refractivity contribution in [1.29, 1.82) is 0 Å². The molecular formula is C15H21NO4. The monoisotopic (exact) mass is 279 g/mol. The van der Waals surface area contributed by atoms with E-state index < -0.39 is 0 Å². The molecular weight excluding hydrogens is 258 g/mol. The Bertz CT molecular complexity index is 440. The smallest absolute Gasteiger partial charge is 0.307 e. The number of amides is 1. The van der Waals surface area contributed by atoms with Crippen molar-refractivity contribution in [3.8, 4) is 5.75 Å². The van der Waals surface area contributed by atoms with Gasteiger partial charge in [0.15, 0.2) is 0 Å². The van der Waals surface area contributed by atoms with Gasteiger partial charge in [0.2, 0.25) is 0 Å². The number of hydrogen-bond acceptors (Lipinski definition) is 4. The van der Waals surface area contributed by atoms with E-state index >= 15 is 0 Å². The van der Waals surface area contributed by atoms with Gasteiger partial charge in [-0.2, -0.15) is 0 Å². The molecule has 1 aromatic rings. The molecule has 1 amide bonds. The molecule has 0 atom stereocenters. The number of esters is 1. The van der Waals surface area contributed by atoms with Gasteiger partial charge in [0.05, 0.1) is 20.1 Å². The van der Waals surface area contributed by atoms with Crippen LogP contribution < -0.4 is 10.1 Å². The van der Waals surface area contributed by atoms with Gasteiger partial charge in [-0.15, -0.1) is 0 Å². The highest BCUT2D eigenvalue weighted by Gasteiger charge is 2.07. The van der Waals surface area contributed by atoms with E-state index in [4.69, 9.17) is 4.74 Å². The van der Waals surface area contributed by atoms with E-state index in [-0.39, 0.29) is 24.8 Å². The number of hydrogen-bond donors (Lipinski definition) is 1. The molecule has 0 heterocycles. The molecule has 5 nitrogen and oxygen atoms in total. The maximum Gasteiger partial charge on any atom is 0.307 e. The molecule has 1 N–H and O–H groups in total. The molecule has 0 aliphatic carbocycles. The van der Waals surface area contributed by atoms with Crippen LogP contribution in [0.4, 0.5) is 0 Å². The van der Waals surface area contributed by atoms with Gasteiger partial charge in [0, 0.05) is 12.1 Å². The van der Waals surface area contributed by atoms with E-state index in [0.717, 1.165) is 5.75 Å². The zero-order valence-electron chi connectivity index (χ0n) is 12.1. The van der Waals surface area contributed by atoms with E-state index in [1.807, 2.05) is 0 Å². The fraction of sp³-hybridized carbons (Fsp3) is 0.467. The molecule has 20 heavy (non-hydrogen) atoms. The molecule has 0 aliphatic heterocycles. The Morgan fingerprint density at radius 2 is 1.85 bits per heavy atom. The molecule has 0 bridgehead atoms. The van der Waals surface area contributed by atoms with Crippen LogP contribution in [0.1, 0.15) is 30.6 Å². The number of ether oxygens (including phenoxy) is 2. The maximum atomic E-state index is 11.8. The Labute approximate surface area is 119 Å². The summed E-state index contributed by atoms with van der Waals surface area (Å²) in [5, 5.41) is 2.65. The van der Waals surface area contributed by atoms with Gasteiger partial charge < -0.3 is 14.8 Å². The second-order valence-electron chi connectivity index (χ2n) is 4.81. The highest BCUT2D eigenvalue weighted by molar-refractivity contribution is 5.94. The van der Waals surface area contributed by atoms with Gasteiger partial charge in [-0.1, -0.05) is 13.8 Å². The molecule has 0 saturated carbocycles. The van der Waals surface area contributed by atoms with E-state index in [2.05, 4.69) is 23.9 Å². The summed E-state index contributed by atoms with van der Waals surface area (Å²) in [5.41, 5.74) is 0.534. The van der Waals surface area contributed by atoms with Gasteiger partial charge in [0.1, 0.15) is 5.75 Å². The van der Waals surface area contributed by atoms with Crippen LogP contribution in [0.2, 0.25) is 0 Å². The first kappa shape index (κ1) is 16.0. The van der Waals surface area contributed by atoms with E-state index in [1.165, 1.54) is 7.11 Å². The predicted octanol–water partition coefficient (Wildman–Crippen LogP) is 2.01. The highest BCUT2D eigenvalue weighted by atomic mass is 16.5. The summed E-state index contributed by atoms with van der Waals surface area (Å²) in [6.45, 7) is 5.05. The summed E-state index contributed by atoms with van der Waals surface area (Å²) < 4.78 is 10.0. The third-order valence-electron chi connectivity index (χ3n) is 2.54. The molecule has 0 aliphatic rings. The van der Waals surface area contributed by atoms with Crippen molar-refractivity contribution in [2.24, 2.45) is 5.92 Å². The van der Waals surface area contributed by atoms with Crippen LogP contribution in [-0.4, -0.2) is 32.1 Å². The molecule has 0 aromatic heterocycles. The lowest BCUT2D eigenvalue weighted by Crippen LogP contribution is -2.26. The molecule has 110 valence electrons.